The molecule has 0 aromatic heterocycles. The number of nitrogens with zero attached hydrogens (tertiary/aromatic N) is 1. The highest BCUT2D eigenvalue weighted by Gasteiger charge is 2.50. The molecule has 2 unspecified atom stereocenters. The topological polar surface area (TPSA) is 46.6 Å². The van der Waals surface area contributed by atoms with Crippen LogP contribution in [0.4, 0.5) is 0 Å². The van der Waals surface area contributed by atoms with Crippen LogP contribution in [0, 0.1) is 11.8 Å². The number of imide groups is 1. The van der Waals surface area contributed by atoms with Gasteiger partial charge in [-0.25, -0.2) is 0 Å². The van der Waals surface area contributed by atoms with Gasteiger partial charge < -0.3 is 0 Å². The molecule has 0 spiro atoms. The maximum atomic E-state index is 12.7. The summed E-state index contributed by atoms with van der Waals surface area (Å²) < 4.78 is 0. The normalized spacial score (nSPS) is 25.0. The van der Waals surface area contributed by atoms with E-state index in [9.17, 15) is 9.59 Å². The molecule has 0 bridgehead atoms. The Labute approximate surface area is 146 Å². The van der Waals surface area contributed by atoms with E-state index in [4.69, 9.17) is 4.84 Å². The number of hydrogen-bond acceptors (Lipinski definition) is 3. The van der Waals surface area contributed by atoms with Crippen molar-refractivity contribution in [1.29, 1.82) is 0 Å². The Morgan fingerprint density at radius 2 is 1.24 bits per heavy atom. The fourth-order valence-electron chi connectivity index (χ4n) is 4.56. The van der Waals surface area contributed by atoms with Crippen LogP contribution < -0.4 is 0 Å². The van der Waals surface area contributed by atoms with Gasteiger partial charge in [-0.1, -0.05) is 61.4 Å². The van der Waals surface area contributed by atoms with Gasteiger partial charge in [0.25, 0.3) is 11.8 Å². The molecule has 1 heterocycles. The van der Waals surface area contributed by atoms with Crippen molar-refractivity contribution in [2.24, 2.45) is 11.8 Å². The first-order chi connectivity index (χ1) is 12.3. The summed E-state index contributed by atoms with van der Waals surface area (Å²) in [6.07, 6.45) is 3.23. The highest BCUT2D eigenvalue weighted by Crippen LogP contribution is 2.47. The molecule has 4 heteroatoms. The third kappa shape index (κ3) is 2.10. The van der Waals surface area contributed by atoms with Crippen molar-refractivity contribution < 1.29 is 14.4 Å². The third-order valence-corrected chi connectivity index (χ3v) is 5.79. The summed E-state index contributed by atoms with van der Waals surface area (Å²) in [5.41, 5.74) is 4.25. The van der Waals surface area contributed by atoms with E-state index in [1.54, 1.807) is 0 Å². The minimum atomic E-state index is -0.402. The van der Waals surface area contributed by atoms with Crippen LogP contribution in [0.25, 0.3) is 11.1 Å². The van der Waals surface area contributed by atoms with E-state index < -0.39 is 6.10 Å². The molecule has 25 heavy (non-hydrogen) atoms. The summed E-state index contributed by atoms with van der Waals surface area (Å²) >= 11 is 0. The van der Waals surface area contributed by atoms with Gasteiger partial charge >= 0.3 is 0 Å². The molecule has 2 amide bonds. The molecule has 2 aliphatic carbocycles. The Bertz CT molecular complexity index is 805. The van der Waals surface area contributed by atoms with Crippen LogP contribution in [0.2, 0.25) is 0 Å². The third-order valence-electron chi connectivity index (χ3n) is 5.79. The lowest BCUT2D eigenvalue weighted by molar-refractivity contribution is -0.199. The maximum Gasteiger partial charge on any atom is 0.257 e. The number of carbonyl (C=O) groups is 2. The Kier molecular flexibility index (Phi) is 3.28. The van der Waals surface area contributed by atoms with E-state index >= 15 is 0 Å². The number of hydroxylamine groups is 2. The second-order valence-corrected chi connectivity index (χ2v) is 7.13. The van der Waals surface area contributed by atoms with Crippen molar-refractivity contribution >= 4 is 11.8 Å². The van der Waals surface area contributed by atoms with Gasteiger partial charge in [0.15, 0.2) is 0 Å². The van der Waals surface area contributed by atoms with Gasteiger partial charge in [-0.2, -0.15) is 5.06 Å². The van der Waals surface area contributed by atoms with Gasteiger partial charge in [-0.05, 0) is 35.1 Å². The summed E-state index contributed by atoms with van der Waals surface area (Å²) in [6, 6.07) is 16.1. The molecule has 2 aromatic carbocycles. The Balaban J connectivity index is 1.52. The number of fused-ring (bicyclic) bond motifs is 4. The predicted molar refractivity (Wildman–Crippen MR) is 92.1 cm³/mol. The molecular formula is C21H19NO3. The van der Waals surface area contributed by atoms with E-state index in [0.29, 0.717) is 0 Å². The van der Waals surface area contributed by atoms with Crippen molar-refractivity contribution in [1.82, 2.24) is 5.06 Å². The average molecular weight is 333 g/mol. The highest BCUT2D eigenvalue weighted by molar-refractivity contribution is 6.04. The van der Waals surface area contributed by atoms with Gasteiger partial charge in [-0.15, -0.1) is 0 Å². The van der Waals surface area contributed by atoms with Crippen LogP contribution in [-0.2, 0) is 14.4 Å². The van der Waals surface area contributed by atoms with Crippen LogP contribution in [0.1, 0.15) is 42.9 Å². The molecular weight excluding hydrogens is 314 g/mol. The number of carbonyl (C=O) groups excluding carboxylic acids is 2. The molecule has 1 saturated heterocycles. The number of benzene rings is 2. The van der Waals surface area contributed by atoms with Crippen molar-refractivity contribution in [2.45, 2.75) is 31.8 Å². The predicted octanol–water partition coefficient (Wildman–Crippen LogP) is 3.86. The molecule has 2 fully saturated rings. The molecule has 1 aliphatic heterocycles. The number of hydrogen-bond donors (Lipinski definition) is 0. The smallest absolute Gasteiger partial charge is 0.257 e. The second-order valence-electron chi connectivity index (χ2n) is 7.13. The van der Waals surface area contributed by atoms with Crippen molar-refractivity contribution in [3.8, 4) is 11.1 Å². The molecule has 3 aliphatic rings. The zero-order valence-corrected chi connectivity index (χ0v) is 13.9. The zero-order valence-electron chi connectivity index (χ0n) is 13.9. The van der Waals surface area contributed by atoms with Gasteiger partial charge in [0, 0.05) is 0 Å². The molecule has 0 N–H and O–H groups in total. The van der Waals surface area contributed by atoms with Gasteiger partial charge in [0.2, 0.25) is 0 Å². The molecule has 5 rings (SSSR count). The maximum absolute atomic E-state index is 12.7. The molecule has 1 saturated carbocycles. The summed E-state index contributed by atoms with van der Waals surface area (Å²) in [4.78, 5) is 31.6. The molecule has 0 radical (unpaired) electrons. The van der Waals surface area contributed by atoms with Crippen LogP contribution in [0.3, 0.4) is 0 Å². The van der Waals surface area contributed by atoms with E-state index in [-0.39, 0.29) is 23.7 Å². The second kappa shape index (κ2) is 5.53. The highest BCUT2D eigenvalue weighted by atomic mass is 16.7. The number of amides is 2. The Hall–Kier alpha value is -2.46. The molecule has 2 atom stereocenters. The molecule has 126 valence electrons. The first kappa shape index (κ1) is 14.8. The zero-order chi connectivity index (χ0) is 17.0. The van der Waals surface area contributed by atoms with E-state index in [1.807, 2.05) is 36.4 Å². The number of rotatable bonds is 2. The monoisotopic (exact) mass is 333 g/mol. The van der Waals surface area contributed by atoms with Crippen molar-refractivity contribution in [3.05, 3.63) is 59.7 Å². The van der Waals surface area contributed by atoms with Gasteiger partial charge in [0.05, 0.1) is 11.8 Å². The Morgan fingerprint density at radius 1 is 0.760 bits per heavy atom. The first-order valence-electron chi connectivity index (χ1n) is 8.98. The first-order valence-corrected chi connectivity index (χ1v) is 8.98. The lowest BCUT2D eigenvalue weighted by Gasteiger charge is -2.21. The SMILES string of the molecule is O=C1C2CCCCC2C(=O)N1OC1c2ccccc2-c2ccccc21. The summed E-state index contributed by atoms with van der Waals surface area (Å²) in [5.74, 6) is -0.686. The fraction of sp³-hybridized carbons (Fsp3) is 0.333. The quantitative estimate of drug-likeness (QED) is 0.784. The minimum Gasteiger partial charge on any atom is -0.272 e. The standard InChI is InChI=1S/C21H19NO3/c23-20-17-11-5-6-12-18(17)21(24)22(20)25-19-15-9-3-1-7-13(15)14-8-2-4-10-16(14)19/h1-4,7-10,17-19H,5-6,11-12H2. The molecule has 4 nitrogen and oxygen atoms in total. The largest absolute Gasteiger partial charge is 0.272 e. The summed E-state index contributed by atoms with van der Waals surface area (Å²) in [5, 5.41) is 1.07. The van der Waals surface area contributed by atoms with Crippen molar-refractivity contribution in [2.75, 3.05) is 0 Å². The Morgan fingerprint density at radius 3 is 1.76 bits per heavy atom. The van der Waals surface area contributed by atoms with Gasteiger partial charge in [-0.3, -0.25) is 14.4 Å². The molecule has 2 aromatic rings. The van der Waals surface area contributed by atoms with Crippen LogP contribution in [0.15, 0.2) is 48.5 Å². The fourth-order valence-corrected chi connectivity index (χ4v) is 4.56. The summed E-state index contributed by atoms with van der Waals surface area (Å²) in [6.45, 7) is 0. The van der Waals surface area contributed by atoms with Gasteiger partial charge in [0.1, 0.15) is 6.10 Å². The van der Waals surface area contributed by atoms with Crippen molar-refractivity contribution in [3.63, 3.8) is 0 Å². The lowest BCUT2D eigenvalue weighted by atomic mass is 9.81. The van der Waals surface area contributed by atoms with Crippen LogP contribution in [0.5, 0.6) is 0 Å². The van der Waals surface area contributed by atoms with E-state index in [0.717, 1.165) is 53.0 Å². The van der Waals surface area contributed by atoms with E-state index in [2.05, 4.69) is 12.1 Å². The van der Waals surface area contributed by atoms with E-state index in [1.165, 1.54) is 0 Å². The average Bonchev–Trinajstić information content (AvgIpc) is 3.11. The van der Waals surface area contributed by atoms with Crippen LogP contribution in [-0.4, -0.2) is 16.9 Å². The minimum absolute atomic E-state index is 0.156. The lowest BCUT2D eigenvalue weighted by Crippen LogP contribution is -2.32. The summed E-state index contributed by atoms with van der Waals surface area (Å²) in [7, 11) is 0. The van der Waals surface area contributed by atoms with Crippen LogP contribution >= 0.6 is 0 Å².